The third-order valence-corrected chi connectivity index (χ3v) is 4.98. The molecule has 0 amide bonds. The number of H-pyrrole nitrogens is 1. The molecule has 1 aliphatic carbocycles. The van der Waals surface area contributed by atoms with Gasteiger partial charge in [0.05, 0.1) is 24.7 Å². The highest BCUT2D eigenvalue weighted by atomic mass is 16.5. The fraction of sp³-hybridized carbons (Fsp3) is 0.263. The van der Waals surface area contributed by atoms with Gasteiger partial charge in [0.15, 0.2) is 5.78 Å². The molecule has 8 nitrogen and oxygen atoms in total. The number of rotatable bonds is 3. The highest BCUT2D eigenvalue weighted by Crippen LogP contribution is 2.45. The summed E-state index contributed by atoms with van der Waals surface area (Å²) in [5.41, 5.74) is 8.92. The number of allylic oxidation sites excluding steroid dienone is 3. The second-order valence-electron chi connectivity index (χ2n) is 6.40. The van der Waals surface area contributed by atoms with Crippen LogP contribution in [0.2, 0.25) is 0 Å². The summed E-state index contributed by atoms with van der Waals surface area (Å²) in [6.45, 7) is 0. The number of nitriles is 1. The standard InChI is InChI=1S/C19H18N6O2/c1-27-12-7-5-11(6-8-12)16-13(9-20)18(21)25(19-22-10-23-24-19)14-3-2-4-15(26)17(14)16/h5-8,10,16H,2-4,21H2,1H3,(H,22,23,24)/t16-/m0/s1. The van der Waals surface area contributed by atoms with E-state index in [2.05, 4.69) is 21.3 Å². The number of methoxy groups -OCH3 is 1. The van der Waals surface area contributed by atoms with E-state index in [0.717, 1.165) is 17.7 Å². The number of carbonyl (C=O) groups excluding carboxylic acids is 1. The molecule has 1 aromatic heterocycles. The molecule has 1 aliphatic heterocycles. The summed E-state index contributed by atoms with van der Waals surface area (Å²) in [5, 5.41) is 16.5. The molecule has 1 atom stereocenters. The summed E-state index contributed by atoms with van der Waals surface area (Å²) in [4.78, 5) is 18.7. The fourth-order valence-corrected chi connectivity index (χ4v) is 3.76. The van der Waals surface area contributed by atoms with Crippen LogP contribution in [0.25, 0.3) is 0 Å². The number of nitrogens with zero attached hydrogens (tertiary/aromatic N) is 4. The minimum Gasteiger partial charge on any atom is -0.497 e. The van der Waals surface area contributed by atoms with Crippen LogP contribution in [0.15, 0.2) is 53.3 Å². The number of ketones is 1. The number of nitrogens with one attached hydrogen (secondary N) is 1. The van der Waals surface area contributed by atoms with Crippen molar-refractivity contribution < 1.29 is 9.53 Å². The van der Waals surface area contributed by atoms with Crippen molar-refractivity contribution in [1.29, 1.82) is 5.26 Å². The molecule has 1 aromatic carbocycles. The average molecular weight is 362 g/mol. The van der Waals surface area contributed by atoms with Gasteiger partial charge in [-0.1, -0.05) is 12.1 Å². The van der Waals surface area contributed by atoms with Gasteiger partial charge < -0.3 is 10.5 Å². The first kappa shape index (κ1) is 16.8. The number of nitrogens with two attached hydrogens (primary N) is 1. The third-order valence-electron chi connectivity index (χ3n) is 4.98. The summed E-state index contributed by atoms with van der Waals surface area (Å²) in [6, 6.07) is 9.57. The lowest BCUT2D eigenvalue weighted by Crippen LogP contribution is -2.39. The van der Waals surface area contributed by atoms with Crippen molar-refractivity contribution in [3.05, 3.63) is 58.8 Å². The molecule has 0 fully saturated rings. The highest BCUT2D eigenvalue weighted by molar-refractivity contribution is 6.01. The number of anilines is 1. The quantitative estimate of drug-likeness (QED) is 0.857. The monoisotopic (exact) mass is 362 g/mol. The van der Waals surface area contributed by atoms with E-state index in [1.54, 1.807) is 12.0 Å². The number of ether oxygens (including phenoxy) is 1. The Labute approximate surface area is 155 Å². The van der Waals surface area contributed by atoms with Crippen LogP contribution < -0.4 is 15.4 Å². The Balaban J connectivity index is 1.93. The van der Waals surface area contributed by atoms with Gasteiger partial charge in [-0.25, -0.2) is 5.10 Å². The molecule has 0 saturated carbocycles. The van der Waals surface area contributed by atoms with E-state index in [-0.39, 0.29) is 11.6 Å². The van der Waals surface area contributed by atoms with Gasteiger partial charge in [0.2, 0.25) is 5.95 Å². The van der Waals surface area contributed by atoms with Crippen molar-refractivity contribution in [3.63, 3.8) is 0 Å². The first-order valence-electron chi connectivity index (χ1n) is 8.61. The number of Topliss-reactive ketones (excluding diaryl/α,β-unsaturated/α-hetero) is 1. The van der Waals surface area contributed by atoms with Gasteiger partial charge in [-0.15, -0.1) is 0 Å². The lowest BCUT2D eigenvalue weighted by Gasteiger charge is -2.38. The number of aromatic amines is 1. The van der Waals surface area contributed by atoms with E-state index in [1.807, 2.05) is 24.3 Å². The molecule has 8 heteroatoms. The van der Waals surface area contributed by atoms with Crippen LogP contribution in [0.1, 0.15) is 30.7 Å². The molecule has 0 saturated heterocycles. The second-order valence-corrected chi connectivity index (χ2v) is 6.40. The molecule has 2 aliphatic rings. The zero-order valence-electron chi connectivity index (χ0n) is 14.8. The molecular weight excluding hydrogens is 344 g/mol. The van der Waals surface area contributed by atoms with Crippen LogP contribution in [-0.4, -0.2) is 28.1 Å². The highest BCUT2D eigenvalue weighted by Gasteiger charge is 2.40. The number of benzene rings is 1. The largest absolute Gasteiger partial charge is 0.497 e. The van der Waals surface area contributed by atoms with E-state index in [4.69, 9.17) is 10.5 Å². The Bertz CT molecular complexity index is 982. The maximum Gasteiger partial charge on any atom is 0.231 e. The second kappa shape index (κ2) is 6.61. The molecule has 0 radical (unpaired) electrons. The maximum atomic E-state index is 12.9. The molecule has 0 spiro atoms. The first-order valence-corrected chi connectivity index (χ1v) is 8.61. The Hall–Kier alpha value is -3.60. The van der Waals surface area contributed by atoms with E-state index < -0.39 is 5.92 Å². The van der Waals surface area contributed by atoms with Crippen LogP contribution in [0, 0.1) is 11.3 Å². The summed E-state index contributed by atoms with van der Waals surface area (Å²) in [6.07, 6.45) is 3.23. The molecule has 27 heavy (non-hydrogen) atoms. The van der Waals surface area contributed by atoms with Gasteiger partial charge >= 0.3 is 0 Å². The number of hydrogen-bond acceptors (Lipinski definition) is 7. The summed E-state index contributed by atoms with van der Waals surface area (Å²) < 4.78 is 5.22. The molecule has 0 bridgehead atoms. The molecule has 2 heterocycles. The smallest absolute Gasteiger partial charge is 0.231 e. The van der Waals surface area contributed by atoms with Gasteiger partial charge in [-0.2, -0.15) is 15.3 Å². The SMILES string of the molecule is COc1ccc([C@H]2C(C#N)=C(N)N(c3ncn[nH]3)C3=C2C(=O)CCC3)cc1. The normalized spacial score (nSPS) is 19.8. The van der Waals surface area contributed by atoms with Crippen LogP contribution in [0.3, 0.4) is 0 Å². The van der Waals surface area contributed by atoms with E-state index in [0.29, 0.717) is 35.7 Å². The summed E-state index contributed by atoms with van der Waals surface area (Å²) >= 11 is 0. The van der Waals surface area contributed by atoms with E-state index in [1.165, 1.54) is 6.33 Å². The minimum absolute atomic E-state index is 0.0295. The minimum atomic E-state index is -0.497. The van der Waals surface area contributed by atoms with Gasteiger partial charge in [0.1, 0.15) is 17.9 Å². The zero-order valence-corrected chi connectivity index (χ0v) is 14.8. The lowest BCUT2D eigenvalue weighted by atomic mass is 9.76. The van der Waals surface area contributed by atoms with Crippen LogP contribution in [0.4, 0.5) is 5.95 Å². The summed E-state index contributed by atoms with van der Waals surface area (Å²) in [7, 11) is 1.59. The number of aromatic nitrogens is 3. The predicted molar refractivity (Wildman–Crippen MR) is 97.3 cm³/mol. The van der Waals surface area contributed by atoms with Crippen molar-refractivity contribution in [2.45, 2.75) is 25.2 Å². The van der Waals surface area contributed by atoms with Crippen LogP contribution in [-0.2, 0) is 4.79 Å². The number of carbonyl (C=O) groups is 1. The van der Waals surface area contributed by atoms with Crippen molar-refractivity contribution in [2.75, 3.05) is 12.0 Å². The zero-order chi connectivity index (χ0) is 19.0. The Kier molecular flexibility index (Phi) is 4.12. The predicted octanol–water partition coefficient (Wildman–Crippen LogP) is 2.12. The topological polar surface area (TPSA) is 121 Å². The molecule has 3 N–H and O–H groups in total. The molecule has 4 rings (SSSR count). The Morgan fingerprint density at radius 1 is 1.33 bits per heavy atom. The summed E-state index contributed by atoms with van der Waals surface area (Å²) in [5.74, 6) is 0.904. The molecular formula is C19H18N6O2. The van der Waals surface area contributed by atoms with Gasteiger partial charge in [-0.3, -0.25) is 9.69 Å². The van der Waals surface area contributed by atoms with Gasteiger partial charge in [-0.05, 0) is 30.5 Å². The maximum absolute atomic E-state index is 12.9. The lowest BCUT2D eigenvalue weighted by molar-refractivity contribution is -0.116. The molecule has 2 aromatic rings. The number of hydrogen-bond donors (Lipinski definition) is 2. The first-order chi connectivity index (χ1) is 13.2. The fourth-order valence-electron chi connectivity index (χ4n) is 3.76. The van der Waals surface area contributed by atoms with Crippen LogP contribution >= 0.6 is 0 Å². The van der Waals surface area contributed by atoms with Crippen LogP contribution in [0.5, 0.6) is 5.75 Å². The molecule has 136 valence electrons. The molecule has 0 unspecified atom stereocenters. The Morgan fingerprint density at radius 2 is 2.11 bits per heavy atom. The Morgan fingerprint density at radius 3 is 2.74 bits per heavy atom. The van der Waals surface area contributed by atoms with Crippen molar-refractivity contribution in [2.24, 2.45) is 5.73 Å². The van der Waals surface area contributed by atoms with E-state index in [9.17, 15) is 10.1 Å². The van der Waals surface area contributed by atoms with Crippen molar-refractivity contribution in [1.82, 2.24) is 15.2 Å². The van der Waals surface area contributed by atoms with Gasteiger partial charge in [0, 0.05) is 17.7 Å². The van der Waals surface area contributed by atoms with Gasteiger partial charge in [0.25, 0.3) is 0 Å². The van der Waals surface area contributed by atoms with E-state index >= 15 is 0 Å². The average Bonchev–Trinajstić information content (AvgIpc) is 3.21. The van der Waals surface area contributed by atoms with Crippen molar-refractivity contribution >= 4 is 11.7 Å². The third kappa shape index (κ3) is 2.64. The van der Waals surface area contributed by atoms with Crippen molar-refractivity contribution in [3.8, 4) is 11.8 Å².